The molecule has 0 bridgehead atoms. The summed E-state index contributed by atoms with van der Waals surface area (Å²) in [6, 6.07) is -0.613. The number of carboxylic acid groups (broad SMARTS) is 1. The van der Waals surface area contributed by atoms with E-state index in [2.05, 4.69) is 38.2 Å². The molecule has 0 aliphatic rings. The molecule has 0 aromatic carbocycles. The quantitative estimate of drug-likeness (QED) is 0.0282. The summed E-state index contributed by atoms with van der Waals surface area (Å²) in [5, 5.41) is 9.64. The SMILES string of the molecule is CC/C=C/C/C=C/CCCCCCCCCC(=O)OCC(COCCC(C(=O)O)[N+](C)(C)C)OC(=O)CCCCCCCCCCCCCCCCCCCCCCCC. The third kappa shape index (κ3) is 41.2. The standard InChI is InChI=1S/C52H97NO7/c1-6-8-10-12-14-16-18-20-22-23-24-25-26-27-28-29-31-33-35-37-39-41-43-51(55)60-48(46-58-45-44-49(52(56)57)53(3,4)5)47-59-50(54)42-40-38-36-34-32-30-21-19-17-15-13-11-9-7-2/h9,11,15,17,48-49H,6-8,10,12-14,16,18-47H2,1-5H3/p+1/b11-9+,17-15+. The second kappa shape index (κ2) is 43.5. The fourth-order valence-electron chi connectivity index (χ4n) is 7.72. The van der Waals surface area contributed by atoms with Gasteiger partial charge in [0.15, 0.2) is 12.1 Å². The maximum Gasteiger partial charge on any atom is 0.362 e. The molecule has 0 aliphatic heterocycles. The summed E-state index contributed by atoms with van der Waals surface area (Å²) >= 11 is 0. The van der Waals surface area contributed by atoms with E-state index in [1.54, 1.807) is 0 Å². The number of carboxylic acids is 1. The smallest absolute Gasteiger partial charge is 0.362 e. The highest BCUT2D eigenvalue weighted by Gasteiger charge is 2.31. The maximum atomic E-state index is 12.8. The van der Waals surface area contributed by atoms with Crippen molar-refractivity contribution in [3.8, 4) is 0 Å². The van der Waals surface area contributed by atoms with E-state index in [4.69, 9.17) is 14.2 Å². The van der Waals surface area contributed by atoms with E-state index in [1.165, 1.54) is 148 Å². The van der Waals surface area contributed by atoms with Gasteiger partial charge in [-0.3, -0.25) is 9.59 Å². The molecule has 2 atom stereocenters. The number of unbranched alkanes of at least 4 members (excludes halogenated alkanes) is 28. The Morgan fingerprint density at radius 3 is 1.37 bits per heavy atom. The van der Waals surface area contributed by atoms with Gasteiger partial charge in [-0.1, -0.05) is 205 Å². The van der Waals surface area contributed by atoms with Crippen LogP contribution in [-0.4, -0.2) is 80.6 Å². The Morgan fingerprint density at radius 2 is 0.933 bits per heavy atom. The highest BCUT2D eigenvalue weighted by atomic mass is 16.6. The molecule has 0 saturated heterocycles. The van der Waals surface area contributed by atoms with Crippen LogP contribution < -0.4 is 0 Å². The number of carbonyl (C=O) groups excluding carboxylic acids is 2. The third-order valence-electron chi connectivity index (χ3n) is 11.6. The van der Waals surface area contributed by atoms with Gasteiger partial charge in [0.2, 0.25) is 0 Å². The van der Waals surface area contributed by atoms with Crippen LogP contribution in [0.1, 0.15) is 239 Å². The topological polar surface area (TPSA) is 99.1 Å². The second-order valence-electron chi connectivity index (χ2n) is 18.4. The highest BCUT2D eigenvalue weighted by molar-refractivity contribution is 5.72. The van der Waals surface area contributed by atoms with Crippen molar-refractivity contribution in [3.05, 3.63) is 24.3 Å². The minimum atomic E-state index is -0.873. The number of aliphatic carboxylic acids is 1. The van der Waals surface area contributed by atoms with Crippen molar-refractivity contribution in [2.75, 3.05) is 41.0 Å². The van der Waals surface area contributed by atoms with Gasteiger partial charge in [-0.05, 0) is 38.5 Å². The van der Waals surface area contributed by atoms with Crippen molar-refractivity contribution >= 4 is 17.9 Å². The molecule has 1 N–H and O–H groups in total. The van der Waals surface area contributed by atoms with Gasteiger partial charge in [0, 0.05) is 19.3 Å². The molecule has 0 aromatic rings. The number of allylic oxidation sites excluding steroid dienone is 4. The molecule has 0 amide bonds. The van der Waals surface area contributed by atoms with Gasteiger partial charge in [0.05, 0.1) is 34.4 Å². The van der Waals surface area contributed by atoms with Crippen LogP contribution in [0.15, 0.2) is 24.3 Å². The van der Waals surface area contributed by atoms with Crippen LogP contribution in [0.3, 0.4) is 0 Å². The number of ether oxygens (including phenoxy) is 3. The normalized spacial score (nSPS) is 13.0. The fraction of sp³-hybridized carbons (Fsp3) is 0.865. The molecule has 2 unspecified atom stereocenters. The van der Waals surface area contributed by atoms with Crippen LogP contribution in [-0.2, 0) is 28.6 Å². The lowest BCUT2D eigenvalue weighted by atomic mass is 10.0. The van der Waals surface area contributed by atoms with Crippen LogP contribution in [0.4, 0.5) is 0 Å². The third-order valence-corrected chi connectivity index (χ3v) is 11.6. The molecular weight excluding hydrogens is 751 g/mol. The predicted octanol–water partition coefficient (Wildman–Crippen LogP) is 14.4. The van der Waals surface area contributed by atoms with E-state index in [9.17, 15) is 19.5 Å². The van der Waals surface area contributed by atoms with Crippen molar-refractivity contribution in [2.45, 2.75) is 251 Å². The van der Waals surface area contributed by atoms with Crippen LogP contribution in [0.2, 0.25) is 0 Å². The van der Waals surface area contributed by atoms with Crippen molar-refractivity contribution in [1.82, 2.24) is 0 Å². The molecule has 352 valence electrons. The van der Waals surface area contributed by atoms with Gasteiger partial charge in [0.1, 0.15) is 6.61 Å². The zero-order chi connectivity index (χ0) is 44.2. The molecule has 0 spiro atoms. The lowest BCUT2D eigenvalue weighted by molar-refractivity contribution is -0.887. The summed E-state index contributed by atoms with van der Waals surface area (Å²) in [5.74, 6) is -1.46. The van der Waals surface area contributed by atoms with Gasteiger partial charge < -0.3 is 23.8 Å². The van der Waals surface area contributed by atoms with Crippen LogP contribution >= 0.6 is 0 Å². The molecule has 0 fully saturated rings. The summed E-state index contributed by atoms with van der Waals surface area (Å²) in [7, 11) is 5.54. The number of esters is 2. The minimum absolute atomic E-state index is 0.0506. The number of hydrogen-bond donors (Lipinski definition) is 1. The van der Waals surface area contributed by atoms with Crippen molar-refractivity contribution in [2.24, 2.45) is 0 Å². The maximum absolute atomic E-state index is 12.8. The Bertz CT molecular complexity index is 1040. The predicted molar refractivity (Wildman–Crippen MR) is 252 cm³/mol. The van der Waals surface area contributed by atoms with Gasteiger partial charge in [0.25, 0.3) is 0 Å². The van der Waals surface area contributed by atoms with Crippen LogP contribution in [0.25, 0.3) is 0 Å². The summed E-state index contributed by atoms with van der Waals surface area (Å²) in [5.41, 5.74) is 0. The van der Waals surface area contributed by atoms with Crippen molar-refractivity contribution < 1.29 is 38.2 Å². The molecule has 60 heavy (non-hydrogen) atoms. The first-order valence-electron chi connectivity index (χ1n) is 25.4. The molecule has 0 rings (SSSR count). The first-order chi connectivity index (χ1) is 29.1. The highest BCUT2D eigenvalue weighted by Crippen LogP contribution is 2.17. The lowest BCUT2D eigenvalue weighted by Crippen LogP contribution is -2.50. The number of nitrogens with zero attached hydrogens (tertiary/aromatic N) is 1. The molecule has 0 radical (unpaired) electrons. The minimum Gasteiger partial charge on any atom is -0.477 e. The number of hydrogen-bond acceptors (Lipinski definition) is 6. The molecule has 0 saturated carbocycles. The molecule has 8 heteroatoms. The average Bonchev–Trinajstić information content (AvgIpc) is 3.21. The van der Waals surface area contributed by atoms with Crippen LogP contribution in [0, 0.1) is 0 Å². The Balaban J connectivity index is 4.18. The number of quaternary nitrogens is 1. The van der Waals surface area contributed by atoms with E-state index >= 15 is 0 Å². The first-order valence-corrected chi connectivity index (χ1v) is 25.4. The molecule has 0 aromatic heterocycles. The summed E-state index contributed by atoms with van der Waals surface area (Å²) in [6.45, 7) is 4.66. The zero-order valence-corrected chi connectivity index (χ0v) is 40.2. The van der Waals surface area contributed by atoms with Gasteiger partial charge in [-0.25, -0.2) is 4.79 Å². The van der Waals surface area contributed by atoms with Gasteiger partial charge in [-0.2, -0.15) is 0 Å². The van der Waals surface area contributed by atoms with Crippen molar-refractivity contribution in [1.29, 1.82) is 0 Å². The fourth-order valence-corrected chi connectivity index (χ4v) is 7.72. The monoisotopic (exact) mass is 849 g/mol. The largest absolute Gasteiger partial charge is 0.477 e. The van der Waals surface area contributed by atoms with E-state index in [0.29, 0.717) is 19.3 Å². The Morgan fingerprint density at radius 1 is 0.517 bits per heavy atom. The molecular formula is C52H98NO7+. The number of carbonyl (C=O) groups is 3. The molecule has 8 nitrogen and oxygen atoms in total. The average molecular weight is 849 g/mol. The van der Waals surface area contributed by atoms with E-state index < -0.39 is 18.1 Å². The van der Waals surface area contributed by atoms with E-state index in [0.717, 1.165) is 57.8 Å². The van der Waals surface area contributed by atoms with E-state index in [1.807, 2.05) is 21.1 Å². The Hall–Kier alpha value is -2.19. The summed E-state index contributed by atoms with van der Waals surface area (Å²) < 4.78 is 17.3. The first kappa shape index (κ1) is 57.8. The van der Waals surface area contributed by atoms with Crippen molar-refractivity contribution in [3.63, 3.8) is 0 Å². The Kier molecular flexibility index (Phi) is 41.9. The zero-order valence-electron chi connectivity index (χ0n) is 40.2. The summed E-state index contributed by atoms with van der Waals surface area (Å²) in [6.07, 6.45) is 49.5. The summed E-state index contributed by atoms with van der Waals surface area (Å²) in [4.78, 5) is 37.1. The van der Waals surface area contributed by atoms with Crippen LogP contribution in [0.5, 0.6) is 0 Å². The van der Waals surface area contributed by atoms with Gasteiger partial charge in [-0.15, -0.1) is 0 Å². The second-order valence-corrected chi connectivity index (χ2v) is 18.4. The Labute approximate surface area is 371 Å². The van der Waals surface area contributed by atoms with Gasteiger partial charge >= 0.3 is 17.9 Å². The molecule has 0 aliphatic carbocycles. The van der Waals surface area contributed by atoms with E-state index in [-0.39, 0.29) is 36.2 Å². The number of rotatable bonds is 46. The molecule has 0 heterocycles. The number of likely N-dealkylation sites (N-methyl/N-ethyl adjacent to an activating group) is 1. The lowest BCUT2D eigenvalue weighted by Gasteiger charge is -2.31.